The number of nitrogens with zero attached hydrogens (tertiary/aromatic N) is 2. The van der Waals surface area contributed by atoms with Gasteiger partial charge in [0.05, 0.1) is 5.69 Å². The highest BCUT2D eigenvalue weighted by molar-refractivity contribution is 7.33. The van der Waals surface area contributed by atoms with Gasteiger partial charge in [0, 0.05) is 43.3 Å². The third-order valence-electron chi connectivity index (χ3n) is 18.5. The van der Waals surface area contributed by atoms with Crippen LogP contribution in [0.4, 0.5) is 34.1 Å². The zero-order valence-corrected chi connectivity index (χ0v) is 45.1. The molecule has 4 heteroatoms. The molecule has 0 saturated heterocycles. The third kappa shape index (κ3) is 6.59. The second-order valence-electron chi connectivity index (χ2n) is 27.0. The summed E-state index contributed by atoms with van der Waals surface area (Å²) in [5, 5.41) is 1.42. The maximum atomic E-state index is 2.78. The zero-order valence-electron chi connectivity index (χ0n) is 44.3. The predicted molar refractivity (Wildman–Crippen MR) is 295 cm³/mol. The molecule has 0 spiro atoms. The topological polar surface area (TPSA) is 6.48 Å². The van der Waals surface area contributed by atoms with Gasteiger partial charge in [-0.2, -0.15) is 0 Å². The molecule has 6 aromatic rings. The minimum atomic E-state index is 0.0601. The van der Waals surface area contributed by atoms with E-state index in [0.717, 1.165) is 6.42 Å². The Kier molecular flexibility index (Phi) is 9.56. The van der Waals surface area contributed by atoms with E-state index in [1.165, 1.54) is 132 Å². The summed E-state index contributed by atoms with van der Waals surface area (Å²) in [7, 11) is 0. The van der Waals surface area contributed by atoms with Crippen molar-refractivity contribution in [3.05, 3.63) is 123 Å². The molecule has 67 heavy (non-hydrogen) atoms. The molecule has 1 aromatic heterocycles. The Bertz CT molecular complexity index is 3090. The van der Waals surface area contributed by atoms with Gasteiger partial charge in [0.1, 0.15) is 0 Å². The van der Waals surface area contributed by atoms with Crippen molar-refractivity contribution in [2.45, 2.75) is 201 Å². The van der Waals surface area contributed by atoms with Crippen LogP contribution in [0.5, 0.6) is 0 Å². The Morgan fingerprint density at radius 3 is 1.58 bits per heavy atom. The molecule has 5 aliphatic rings. The van der Waals surface area contributed by atoms with Crippen LogP contribution in [0.3, 0.4) is 0 Å². The molecule has 0 atom stereocenters. The molecule has 5 aromatic carbocycles. The lowest BCUT2D eigenvalue weighted by atomic mass is 9.35. The van der Waals surface area contributed by atoms with E-state index in [1.807, 2.05) is 0 Å². The number of aryl methyl sites for hydroxylation is 2. The van der Waals surface area contributed by atoms with Crippen LogP contribution < -0.4 is 25.5 Å². The SMILES string of the molecule is CCc1cc2c3c(c1)N(c1ccc4c(c1)C(C)(C)CCC4(C)C)c1c(sc4cc5c(cc14)C(C)(C)CCC5(C)C)B3c1cc3c(cc1N2c1ccc(C(C)(C)C)cc1C)C(C)(C)CCC3(C)C. The largest absolute Gasteiger partial charge is 0.311 e. The summed E-state index contributed by atoms with van der Waals surface area (Å²) in [5.41, 5.74) is 25.0. The molecule has 11 rings (SSSR count). The van der Waals surface area contributed by atoms with Crippen molar-refractivity contribution in [1.29, 1.82) is 0 Å². The Morgan fingerprint density at radius 1 is 0.522 bits per heavy atom. The number of anilines is 6. The molecular weight excluding hydrogens is 828 g/mol. The van der Waals surface area contributed by atoms with E-state index in [-0.39, 0.29) is 44.6 Å². The van der Waals surface area contributed by atoms with Crippen LogP contribution in [-0.4, -0.2) is 6.71 Å². The van der Waals surface area contributed by atoms with Crippen LogP contribution in [-0.2, 0) is 44.3 Å². The van der Waals surface area contributed by atoms with Crippen molar-refractivity contribution in [1.82, 2.24) is 0 Å². The number of hydrogen-bond acceptors (Lipinski definition) is 3. The molecule has 2 nitrogen and oxygen atoms in total. The number of thiophene rings is 1. The van der Waals surface area contributed by atoms with Crippen LogP contribution in [0.25, 0.3) is 10.1 Å². The highest BCUT2D eigenvalue weighted by Crippen LogP contribution is 2.56. The van der Waals surface area contributed by atoms with E-state index in [4.69, 9.17) is 0 Å². The van der Waals surface area contributed by atoms with Crippen molar-refractivity contribution in [2.75, 3.05) is 9.80 Å². The molecule has 0 amide bonds. The number of fused-ring (bicyclic) bond motifs is 9. The standard InChI is InChI=1S/C63H77BN2S/c1-18-38-30-51-54-52(31-38)66(49-22-19-39(29-37(49)2)57(3,4)5)50-35-46-45(61(12,13)26-27-62(46,14)15)34-48(50)64(54)56-55(41-33-44-47(36-53(41)67-56)63(16,17)28-25-60(44,10)11)65(51)40-20-21-42-43(32-40)59(8,9)24-23-58(42,6)7/h19-22,29-36H,18,23-28H2,1-17H3. The molecule has 3 heterocycles. The van der Waals surface area contributed by atoms with E-state index in [1.54, 1.807) is 16.7 Å². The van der Waals surface area contributed by atoms with Crippen molar-refractivity contribution < 1.29 is 0 Å². The minimum absolute atomic E-state index is 0.0601. The molecule has 0 bridgehead atoms. The van der Waals surface area contributed by atoms with Crippen molar-refractivity contribution in [2.24, 2.45) is 0 Å². The zero-order chi connectivity index (χ0) is 47.9. The maximum absolute atomic E-state index is 2.78. The smallest absolute Gasteiger partial charge is 0.264 e. The summed E-state index contributed by atoms with van der Waals surface area (Å²) in [5.74, 6) is 0. The minimum Gasteiger partial charge on any atom is -0.311 e. The molecule has 0 N–H and O–H groups in total. The van der Waals surface area contributed by atoms with Gasteiger partial charge in [-0.1, -0.05) is 135 Å². The monoisotopic (exact) mass is 905 g/mol. The summed E-state index contributed by atoms with van der Waals surface area (Å²) >= 11 is 2.09. The summed E-state index contributed by atoms with van der Waals surface area (Å²) in [4.78, 5) is 5.50. The Hall–Kier alpha value is -4.28. The van der Waals surface area contributed by atoms with Gasteiger partial charge >= 0.3 is 0 Å². The quantitative estimate of drug-likeness (QED) is 0.163. The molecule has 348 valence electrons. The first kappa shape index (κ1) is 45.2. The highest BCUT2D eigenvalue weighted by atomic mass is 32.1. The van der Waals surface area contributed by atoms with Gasteiger partial charge in [-0.3, -0.25) is 0 Å². The van der Waals surface area contributed by atoms with Crippen molar-refractivity contribution in [3.63, 3.8) is 0 Å². The van der Waals surface area contributed by atoms with Gasteiger partial charge in [-0.25, -0.2) is 0 Å². The van der Waals surface area contributed by atoms with E-state index < -0.39 is 0 Å². The molecule has 0 unspecified atom stereocenters. The molecule has 3 aliphatic carbocycles. The van der Waals surface area contributed by atoms with Gasteiger partial charge in [-0.05, 0) is 199 Å². The van der Waals surface area contributed by atoms with Crippen molar-refractivity contribution >= 4 is 78.0 Å². The van der Waals surface area contributed by atoms with Crippen LogP contribution in [0.15, 0.2) is 72.8 Å². The summed E-state index contributed by atoms with van der Waals surface area (Å²) in [6, 6.07) is 30.9. The summed E-state index contributed by atoms with van der Waals surface area (Å²) < 4.78 is 2.93. The number of benzene rings is 5. The fourth-order valence-corrected chi connectivity index (χ4v) is 14.8. The van der Waals surface area contributed by atoms with Gasteiger partial charge in [0.2, 0.25) is 0 Å². The van der Waals surface area contributed by atoms with Crippen LogP contribution in [0.2, 0.25) is 0 Å². The normalized spacial score (nSPS) is 20.9. The fraction of sp³-hybridized carbons (Fsp3) is 0.492. The van der Waals surface area contributed by atoms with Gasteiger partial charge < -0.3 is 9.80 Å². The molecular formula is C63H77BN2S. The Morgan fingerprint density at radius 2 is 1.03 bits per heavy atom. The van der Waals surface area contributed by atoms with Crippen LogP contribution >= 0.6 is 11.3 Å². The van der Waals surface area contributed by atoms with E-state index >= 15 is 0 Å². The average molecular weight is 905 g/mol. The Balaban J connectivity index is 1.29. The summed E-state index contributed by atoms with van der Waals surface area (Å²) in [6.07, 6.45) is 8.17. The van der Waals surface area contributed by atoms with Gasteiger partial charge in [0.15, 0.2) is 0 Å². The van der Waals surface area contributed by atoms with E-state index in [0.29, 0.717) is 0 Å². The first-order valence-electron chi connectivity index (χ1n) is 26.0. The third-order valence-corrected chi connectivity index (χ3v) is 19.7. The van der Waals surface area contributed by atoms with Gasteiger partial charge in [-0.15, -0.1) is 11.3 Å². The predicted octanol–water partition coefficient (Wildman–Crippen LogP) is 16.2. The number of rotatable bonds is 3. The fourth-order valence-electron chi connectivity index (χ4n) is 13.5. The van der Waals surface area contributed by atoms with Crippen LogP contribution in [0.1, 0.15) is 199 Å². The number of hydrogen-bond donors (Lipinski definition) is 0. The molecule has 0 radical (unpaired) electrons. The van der Waals surface area contributed by atoms with E-state index in [2.05, 4.69) is 212 Å². The van der Waals surface area contributed by atoms with Crippen molar-refractivity contribution in [3.8, 4) is 0 Å². The lowest BCUT2D eigenvalue weighted by Crippen LogP contribution is -2.61. The lowest BCUT2D eigenvalue weighted by molar-refractivity contribution is 0.332. The van der Waals surface area contributed by atoms with Crippen LogP contribution in [0, 0.1) is 6.92 Å². The maximum Gasteiger partial charge on any atom is 0.264 e. The second-order valence-corrected chi connectivity index (χ2v) is 28.0. The molecule has 0 fully saturated rings. The van der Waals surface area contributed by atoms with Gasteiger partial charge in [0.25, 0.3) is 6.71 Å². The average Bonchev–Trinajstić information content (AvgIpc) is 3.63. The van der Waals surface area contributed by atoms with E-state index in [9.17, 15) is 0 Å². The molecule has 2 aliphatic heterocycles. The lowest BCUT2D eigenvalue weighted by Gasteiger charge is -2.47. The summed E-state index contributed by atoms with van der Waals surface area (Å²) in [6.45, 7) is 41.8. The highest BCUT2D eigenvalue weighted by Gasteiger charge is 2.49. The first-order valence-corrected chi connectivity index (χ1v) is 26.8. The molecule has 0 saturated carbocycles. The Labute approximate surface area is 409 Å². The first-order chi connectivity index (χ1) is 31.1. The second kappa shape index (κ2) is 14.2.